The number of hydrogen-bond acceptors (Lipinski definition) is 2. The molecule has 6 heteroatoms. The van der Waals surface area contributed by atoms with Gasteiger partial charge in [-0.2, -0.15) is 35.9 Å². The topological polar surface area (TPSA) is 40.5 Å². The van der Waals surface area contributed by atoms with Crippen LogP contribution in [-0.4, -0.2) is 15.6 Å². The Morgan fingerprint density at radius 2 is 1.16 bits per heavy atom. The Bertz CT molecular complexity index is 841. The van der Waals surface area contributed by atoms with Gasteiger partial charge in [-0.1, -0.05) is 13.8 Å². The Kier molecular flexibility index (Phi) is 17.0. The van der Waals surface area contributed by atoms with Crippen molar-refractivity contribution >= 4 is 5.43 Å². The van der Waals surface area contributed by atoms with Crippen molar-refractivity contribution in [1.82, 2.24) is 0 Å². The fourth-order valence-electron chi connectivity index (χ4n) is 1.92. The number of benzene rings is 2. The number of halogens is 2. The molecule has 0 aliphatic heterocycles. The van der Waals surface area contributed by atoms with E-state index in [0.29, 0.717) is 0 Å². The van der Waals surface area contributed by atoms with Gasteiger partial charge in [0.1, 0.15) is 23.1 Å². The SMILES string of the molecule is C[Si](C)=[Zr+2].Cc1c[cH-]c(C)c1.Oc1ccc(F)cc1.Oc1ccc(F)cc1.c1cc[cH-]c1. The Morgan fingerprint density at radius 1 is 0.781 bits per heavy atom. The predicted octanol–water partition coefficient (Wildman–Crippen LogP) is 7.27. The number of phenols is 2. The molecule has 0 heterocycles. The molecule has 0 spiro atoms. The Labute approximate surface area is 205 Å². The minimum Gasteiger partial charge on any atom is -0.508 e. The van der Waals surface area contributed by atoms with E-state index in [1.807, 2.05) is 30.3 Å². The van der Waals surface area contributed by atoms with Crippen molar-refractivity contribution in [2.45, 2.75) is 26.9 Å². The maximum absolute atomic E-state index is 12.0. The fourth-order valence-corrected chi connectivity index (χ4v) is 1.92. The van der Waals surface area contributed by atoms with Gasteiger partial charge in [0.15, 0.2) is 0 Å². The monoisotopic (exact) mass is 530 g/mol. The van der Waals surface area contributed by atoms with E-state index in [9.17, 15) is 8.78 Å². The van der Waals surface area contributed by atoms with Gasteiger partial charge in [0.05, 0.1) is 0 Å². The molecule has 0 aliphatic rings. The molecule has 0 aromatic heterocycles. The number of aromatic hydroxyl groups is 2. The van der Waals surface area contributed by atoms with Crippen molar-refractivity contribution in [2.75, 3.05) is 0 Å². The molecule has 4 aromatic carbocycles. The quantitative estimate of drug-likeness (QED) is 0.185. The first-order chi connectivity index (χ1) is 15.1. The summed E-state index contributed by atoms with van der Waals surface area (Å²) in [6.07, 6.45) is 0. The van der Waals surface area contributed by atoms with Gasteiger partial charge in [0.25, 0.3) is 0 Å². The normalized spacial score (nSPS) is 8.75. The first kappa shape index (κ1) is 29.7. The third-order valence-electron chi connectivity index (χ3n) is 3.27. The molecule has 2 nitrogen and oxygen atoms in total. The second kappa shape index (κ2) is 18.3. The van der Waals surface area contributed by atoms with Crippen molar-refractivity contribution in [1.29, 1.82) is 0 Å². The number of rotatable bonds is 0. The summed E-state index contributed by atoms with van der Waals surface area (Å²) in [6.45, 7) is 8.83. The molecule has 0 atom stereocenters. The number of phenolic OH excluding ortho intramolecular Hbond substituents is 2. The van der Waals surface area contributed by atoms with Gasteiger partial charge in [-0.25, -0.2) is 32.5 Å². The average molecular weight is 532 g/mol. The van der Waals surface area contributed by atoms with Crippen LogP contribution in [-0.2, 0) is 23.3 Å². The van der Waals surface area contributed by atoms with Crippen molar-refractivity contribution in [3.8, 4) is 11.5 Å². The predicted molar refractivity (Wildman–Crippen MR) is 127 cm³/mol. The van der Waals surface area contributed by atoms with Crippen LogP contribution >= 0.6 is 0 Å². The third-order valence-corrected chi connectivity index (χ3v) is 3.27. The second-order valence-corrected chi connectivity index (χ2v) is 16.3. The molecular formula is C26H30F2O2SiZr. The molecule has 0 fully saturated rings. The molecule has 0 radical (unpaired) electrons. The van der Waals surface area contributed by atoms with Gasteiger partial charge in [-0.3, -0.25) is 0 Å². The summed E-state index contributed by atoms with van der Waals surface area (Å²) in [5.41, 5.74) is 2.93. The molecule has 0 amide bonds. The molecule has 0 aliphatic carbocycles. The first-order valence-corrected chi connectivity index (χ1v) is 16.1. The van der Waals surface area contributed by atoms with Gasteiger partial charge in [-0.15, -0.1) is 0 Å². The standard InChI is InChI=1S/C7H9.2C6H5FO.C5H5.C2H6Si.Zr/c1-6-3-4-7(2)5-6;2*7-5-1-3-6(8)4-2-5;1-2-4-5-3-1;1-3-2;/h3-5H,1-2H3;2*1-4,8H;1-5H;1-2H3;/q-1;;;-1;;+2. The molecule has 0 saturated heterocycles. The van der Waals surface area contributed by atoms with E-state index in [2.05, 4.69) is 45.1 Å². The van der Waals surface area contributed by atoms with E-state index in [1.54, 1.807) is 23.3 Å². The van der Waals surface area contributed by atoms with Gasteiger partial charge >= 0.3 is 41.9 Å². The van der Waals surface area contributed by atoms with Gasteiger partial charge in [0, 0.05) is 0 Å². The largest absolute Gasteiger partial charge is 0.508 e. The van der Waals surface area contributed by atoms with E-state index >= 15 is 0 Å². The van der Waals surface area contributed by atoms with Crippen LogP contribution in [0.25, 0.3) is 0 Å². The van der Waals surface area contributed by atoms with Gasteiger partial charge < -0.3 is 10.2 Å². The van der Waals surface area contributed by atoms with Gasteiger partial charge in [0.2, 0.25) is 0 Å². The maximum Gasteiger partial charge on any atom is 0.123 e. The van der Waals surface area contributed by atoms with Crippen LogP contribution < -0.4 is 0 Å². The molecule has 0 bridgehead atoms. The average Bonchev–Trinajstić information content (AvgIpc) is 3.42. The maximum atomic E-state index is 12.0. The summed E-state index contributed by atoms with van der Waals surface area (Å²) in [4.78, 5) is 0. The molecule has 32 heavy (non-hydrogen) atoms. The van der Waals surface area contributed by atoms with Gasteiger partial charge in [-0.05, 0) is 48.5 Å². The summed E-state index contributed by atoms with van der Waals surface area (Å²) in [5, 5.41) is 17.2. The van der Waals surface area contributed by atoms with Crippen LogP contribution in [0.15, 0.2) is 97.1 Å². The second-order valence-electron chi connectivity index (χ2n) is 6.88. The minimum absolute atomic E-state index is 0.0893. The zero-order valence-electron chi connectivity index (χ0n) is 18.9. The van der Waals surface area contributed by atoms with E-state index in [1.165, 1.54) is 59.7 Å². The minimum atomic E-state index is -0.331. The molecular weight excluding hydrogens is 502 g/mol. The smallest absolute Gasteiger partial charge is 0.123 e. The van der Waals surface area contributed by atoms with E-state index in [0.717, 1.165) is 0 Å². The molecule has 4 aromatic rings. The zero-order valence-corrected chi connectivity index (χ0v) is 22.3. The van der Waals surface area contributed by atoms with E-state index in [-0.39, 0.29) is 28.6 Å². The summed E-state index contributed by atoms with van der Waals surface area (Å²) in [5.74, 6) is -0.483. The molecule has 2 N–H and O–H groups in total. The van der Waals surface area contributed by atoms with Crippen molar-refractivity contribution in [3.63, 3.8) is 0 Å². The summed E-state index contributed by atoms with van der Waals surface area (Å²) in [6, 6.07) is 26.4. The van der Waals surface area contributed by atoms with Crippen LogP contribution in [0.2, 0.25) is 13.1 Å². The van der Waals surface area contributed by atoms with E-state index < -0.39 is 0 Å². The van der Waals surface area contributed by atoms with Crippen molar-refractivity contribution in [2.24, 2.45) is 0 Å². The van der Waals surface area contributed by atoms with Crippen LogP contribution in [0.1, 0.15) is 11.1 Å². The summed E-state index contributed by atoms with van der Waals surface area (Å²) in [7, 11) is 0. The van der Waals surface area contributed by atoms with Crippen molar-refractivity contribution < 1.29 is 42.3 Å². The Balaban J connectivity index is 0.000000384. The van der Waals surface area contributed by atoms with Crippen LogP contribution in [0.3, 0.4) is 0 Å². The molecule has 168 valence electrons. The van der Waals surface area contributed by atoms with Crippen molar-refractivity contribution in [3.05, 3.63) is 120 Å². The Morgan fingerprint density at radius 3 is 1.31 bits per heavy atom. The summed E-state index contributed by atoms with van der Waals surface area (Å²) >= 11 is 1.74. The first-order valence-electron chi connectivity index (χ1n) is 9.87. The number of hydrogen-bond donors (Lipinski definition) is 2. The van der Waals surface area contributed by atoms with Crippen LogP contribution in [0.5, 0.6) is 11.5 Å². The van der Waals surface area contributed by atoms with Crippen LogP contribution in [0.4, 0.5) is 8.78 Å². The molecule has 0 unspecified atom stereocenters. The van der Waals surface area contributed by atoms with E-state index in [4.69, 9.17) is 10.2 Å². The van der Waals surface area contributed by atoms with Crippen LogP contribution in [0, 0.1) is 25.5 Å². The zero-order chi connectivity index (χ0) is 24.4. The number of aryl methyl sites for hydroxylation is 2. The Hall–Kier alpha value is -2.30. The molecule has 4 rings (SSSR count). The third kappa shape index (κ3) is 19.7. The summed E-state index contributed by atoms with van der Waals surface area (Å²) < 4.78 is 24.0. The molecule has 0 saturated carbocycles. The fraction of sp³-hybridized carbons (Fsp3) is 0.154.